The molecule has 0 bridgehead atoms. The average Bonchev–Trinajstić information content (AvgIpc) is 2.80. The number of benzene rings is 1. The van der Waals surface area contributed by atoms with Gasteiger partial charge in [-0.2, -0.15) is 17.3 Å². The van der Waals surface area contributed by atoms with Crippen molar-refractivity contribution in [2.24, 2.45) is 0 Å². The van der Waals surface area contributed by atoms with Gasteiger partial charge < -0.3 is 0 Å². The maximum Gasteiger partial charge on any atom is 0.0147 e. The van der Waals surface area contributed by atoms with Gasteiger partial charge in [0.25, 0.3) is 0 Å². The van der Waals surface area contributed by atoms with Crippen LogP contribution in [0.4, 0.5) is 0 Å². The molecule has 2 aromatic rings. The second kappa shape index (κ2) is 8.13. The first kappa shape index (κ1) is 19.6. The number of rotatable bonds is 2. The van der Waals surface area contributed by atoms with Gasteiger partial charge in [0, 0.05) is 34.7 Å². The Balaban J connectivity index is 0.000000434. The Hall–Kier alpha value is -0.412. The molecule has 3 heteroatoms. The molecule has 0 N–H and O–H groups in total. The summed E-state index contributed by atoms with van der Waals surface area (Å²) < 4.78 is 0. The molecule has 0 spiro atoms. The Morgan fingerprint density at radius 2 is 1.15 bits per heavy atom. The SMILES string of the molecule is C[Si](C)(C)c1cc[c-]([Si](C)(C)C)c1.[V].c1ccccc1. The molecule has 0 aliphatic rings. The number of hydrogen-bond acceptors (Lipinski definition) is 0. The quantitative estimate of drug-likeness (QED) is 0.569. The summed E-state index contributed by atoms with van der Waals surface area (Å²) in [5.41, 5.74) is 0. The van der Waals surface area contributed by atoms with Gasteiger partial charge in [0.1, 0.15) is 0 Å². The molecule has 20 heavy (non-hydrogen) atoms. The van der Waals surface area contributed by atoms with E-state index in [2.05, 4.69) is 57.5 Å². The molecule has 0 saturated carbocycles. The first-order chi connectivity index (χ1) is 8.71. The summed E-state index contributed by atoms with van der Waals surface area (Å²) in [6.45, 7) is 14.5. The van der Waals surface area contributed by atoms with Crippen LogP contribution in [0.25, 0.3) is 0 Å². The van der Waals surface area contributed by atoms with Crippen molar-refractivity contribution < 1.29 is 18.6 Å². The molecule has 0 atom stereocenters. The third kappa shape index (κ3) is 6.85. The summed E-state index contributed by atoms with van der Waals surface area (Å²) in [4.78, 5) is 0. The van der Waals surface area contributed by atoms with Crippen molar-refractivity contribution in [1.29, 1.82) is 0 Å². The normalized spacial score (nSPS) is 11.1. The standard InChI is InChI=1S/C11H21Si2.C6H6.V/c1-12(2,3)10-7-8-11(9-10)13(4,5)6;1-2-4-6-5-3-1;/h7-9H,1-6H3;1-6H;/q-1;;. The molecule has 0 heterocycles. The van der Waals surface area contributed by atoms with Crippen molar-refractivity contribution in [3.63, 3.8) is 0 Å². The van der Waals surface area contributed by atoms with Crippen LogP contribution in [0, 0.1) is 0 Å². The van der Waals surface area contributed by atoms with E-state index in [1.165, 1.54) is 0 Å². The van der Waals surface area contributed by atoms with Gasteiger partial charge in [0.15, 0.2) is 0 Å². The molecule has 1 radical (unpaired) electrons. The van der Waals surface area contributed by atoms with Gasteiger partial charge in [-0.05, 0) is 0 Å². The van der Waals surface area contributed by atoms with Crippen LogP contribution in [-0.4, -0.2) is 16.1 Å². The van der Waals surface area contributed by atoms with Crippen LogP contribution < -0.4 is 10.4 Å². The topological polar surface area (TPSA) is 0 Å². The summed E-state index contributed by atoms with van der Waals surface area (Å²) >= 11 is 0. The first-order valence-electron chi connectivity index (χ1n) is 6.99. The van der Waals surface area contributed by atoms with Gasteiger partial charge in [-0.15, -0.1) is 0 Å². The summed E-state index contributed by atoms with van der Waals surface area (Å²) in [5.74, 6) is 0. The largest absolute Gasteiger partial charge is 0.212 e. The Labute approximate surface area is 138 Å². The fourth-order valence-electron chi connectivity index (χ4n) is 1.76. The summed E-state index contributed by atoms with van der Waals surface area (Å²) in [7, 11) is -2.14. The molecule has 0 aliphatic carbocycles. The molecule has 0 fully saturated rings. The monoisotopic (exact) mass is 338 g/mol. The van der Waals surface area contributed by atoms with E-state index in [-0.39, 0.29) is 18.6 Å². The second-order valence-corrected chi connectivity index (χ2v) is 17.2. The molecule has 2 aromatic carbocycles. The zero-order valence-electron chi connectivity index (χ0n) is 13.6. The van der Waals surface area contributed by atoms with Crippen LogP contribution in [0.5, 0.6) is 0 Å². The van der Waals surface area contributed by atoms with E-state index in [0.717, 1.165) is 0 Å². The smallest absolute Gasteiger partial charge is 0.0147 e. The predicted octanol–water partition coefficient (Wildman–Crippen LogP) is 4.18. The van der Waals surface area contributed by atoms with Crippen LogP contribution in [0.2, 0.25) is 39.3 Å². The van der Waals surface area contributed by atoms with Gasteiger partial charge >= 0.3 is 0 Å². The third-order valence-electron chi connectivity index (χ3n) is 3.15. The van der Waals surface area contributed by atoms with Gasteiger partial charge in [-0.25, -0.2) is 11.3 Å². The zero-order valence-corrected chi connectivity index (χ0v) is 17.0. The predicted molar refractivity (Wildman–Crippen MR) is 94.4 cm³/mol. The van der Waals surface area contributed by atoms with E-state index in [9.17, 15) is 0 Å². The molecule has 0 aliphatic heterocycles. The van der Waals surface area contributed by atoms with Crippen molar-refractivity contribution in [2.75, 3.05) is 0 Å². The van der Waals surface area contributed by atoms with E-state index in [4.69, 9.17) is 0 Å². The van der Waals surface area contributed by atoms with Crippen LogP contribution >= 0.6 is 0 Å². The van der Waals surface area contributed by atoms with E-state index in [1.54, 1.807) is 10.4 Å². The fourth-order valence-corrected chi connectivity index (χ4v) is 4.25. The molecule has 0 nitrogen and oxygen atoms in total. The van der Waals surface area contributed by atoms with Gasteiger partial charge in [0.05, 0.1) is 0 Å². The van der Waals surface area contributed by atoms with Crippen LogP contribution in [0.15, 0.2) is 54.6 Å². The van der Waals surface area contributed by atoms with Gasteiger partial charge in [0.2, 0.25) is 0 Å². The molecule has 0 aromatic heterocycles. The summed E-state index contributed by atoms with van der Waals surface area (Å²) in [5, 5.41) is 3.23. The maximum atomic E-state index is 2.46. The number of hydrogen-bond donors (Lipinski definition) is 0. The molecule has 0 unspecified atom stereocenters. The molecular weight excluding hydrogens is 311 g/mol. The van der Waals surface area contributed by atoms with Gasteiger partial charge in [-0.3, -0.25) is 0 Å². The molecular formula is C17H27Si2V-. The average molecular weight is 339 g/mol. The first-order valence-corrected chi connectivity index (χ1v) is 14.0. The van der Waals surface area contributed by atoms with E-state index in [0.29, 0.717) is 0 Å². The maximum absolute atomic E-state index is 2.46. The van der Waals surface area contributed by atoms with Crippen molar-refractivity contribution in [2.45, 2.75) is 39.3 Å². The minimum absolute atomic E-state index is 0. The zero-order chi connectivity index (χ0) is 14.5. The molecule has 109 valence electrons. The van der Waals surface area contributed by atoms with Gasteiger partial charge in [-0.1, -0.05) is 75.7 Å². The Morgan fingerprint density at radius 1 is 0.750 bits per heavy atom. The Morgan fingerprint density at radius 3 is 1.35 bits per heavy atom. The third-order valence-corrected chi connectivity index (χ3v) is 7.24. The summed E-state index contributed by atoms with van der Waals surface area (Å²) in [6.07, 6.45) is 0. The van der Waals surface area contributed by atoms with Crippen molar-refractivity contribution >= 4 is 26.5 Å². The van der Waals surface area contributed by atoms with E-state index in [1.807, 2.05) is 36.4 Å². The molecule has 0 amide bonds. The second-order valence-electron chi connectivity index (χ2n) is 7.04. The Bertz CT molecular complexity index is 420. The Kier molecular flexibility index (Phi) is 7.97. The molecule has 2 rings (SSSR count). The summed E-state index contributed by atoms with van der Waals surface area (Å²) in [6, 6.07) is 19.2. The van der Waals surface area contributed by atoms with Crippen LogP contribution in [0.3, 0.4) is 0 Å². The fraction of sp³-hybridized carbons (Fsp3) is 0.353. The van der Waals surface area contributed by atoms with E-state index >= 15 is 0 Å². The minimum Gasteiger partial charge on any atom is -0.212 e. The van der Waals surface area contributed by atoms with Crippen LogP contribution in [-0.2, 0) is 18.6 Å². The molecule has 0 saturated heterocycles. The van der Waals surface area contributed by atoms with E-state index < -0.39 is 16.1 Å². The van der Waals surface area contributed by atoms with Crippen molar-refractivity contribution in [1.82, 2.24) is 0 Å². The van der Waals surface area contributed by atoms with Crippen molar-refractivity contribution in [3.8, 4) is 0 Å². The van der Waals surface area contributed by atoms with Crippen LogP contribution in [0.1, 0.15) is 0 Å². The minimum atomic E-state index is -1.07. The van der Waals surface area contributed by atoms with Crippen molar-refractivity contribution in [3.05, 3.63) is 54.6 Å².